The van der Waals surface area contributed by atoms with Gasteiger partial charge in [-0.05, 0) is 54.4 Å². The number of hydrogen-bond acceptors (Lipinski definition) is 7. The first-order valence-corrected chi connectivity index (χ1v) is 13.7. The van der Waals surface area contributed by atoms with Gasteiger partial charge in [0.1, 0.15) is 10.8 Å². The van der Waals surface area contributed by atoms with E-state index in [1.165, 1.54) is 18.4 Å². The Balaban J connectivity index is 1.27. The summed E-state index contributed by atoms with van der Waals surface area (Å²) in [6.07, 6.45) is 2.57. The number of ether oxygens (including phenoxy) is 2. The van der Waals surface area contributed by atoms with Crippen molar-refractivity contribution in [3.8, 4) is 11.4 Å². The molecule has 2 heterocycles. The Labute approximate surface area is 230 Å². The molecule has 2 N–H and O–H groups in total. The zero-order chi connectivity index (χ0) is 27.7. The maximum absolute atomic E-state index is 12.8. The maximum atomic E-state index is 12.8. The number of carbonyl (C=O) groups excluding carboxylic acids is 3. The van der Waals surface area contributed by atoms with Crippen LogP contribution in [-0.4, -0.2) is 41.5 Å². The summed E-state index contributed by atoms with van der Waals surface area (Å²) in [6, 6.07) is 14.7. The molecule has 1 aliphatic rings. The normalized spacial score (nSPS) is 15.0. The SMILES string of the molecule is COC(=O)c1c(NC(=O)COC(=O)c2ccc3nc(-c4ccccc4)[nH]c3c2)sc2c1CCC(C(C)(C)C)C2. The number of nitrogens with one attached hydrogen (secondary N) is 2. The number of benzene rings is 2. The van der Waals surface area contributed by atoms with Gasteiger partial charge in [-0.25, -0.2) is 14.6 Å². The van der Waals surface area contributed by atoms with Crippen LogP contribution in [0.15, 0.2) is 48.5 Å². The fraction of sp³-hybridized carbons (Fsp3) is 0.333. The number of carbonyl (C=O) groups is 3. The van der Waals surface area contributed by atoms with Gasteiger partial charge in [-0.15, -0.1) is 11.3 Å². The molecule has 8 nitrogen and oxygen atoms in total. The van der Waals surface area contributed by atoms with Crippen LogP contribution in [0.1, 0.15) is 58.3 Å². The van der Waals surface area contributed by atoms with E-state index >= 15 is 0 Å². The Bertz CT molecular complexity index is 1550. The predicted molar refractivity (Wildman–Crippen MR) is 151 cm³/mol. The van der Waals surface area contributed by atoms with Crippen LogP contribution in [0.4, 0.5) is 5.00 Å². The van der Waals surface area contributed by atoms with E-state index in [4.69, 9.17) is 9.47 Å². The first-order chi connectivity index (χ1) is 18.6. The van der Waals surface area contributed by atoms with E-state index < -0.39 is 24.5 Å². The summed E-state index contributed by atoms with van der Waals surface area (Å²) in [5.41, 5.74) is 4.14. The van der Waals surface area contributed by atoms with Crippen molar-refractivity contribution in [1.82, 2.24) is 9.97 Å². The molecule has 0 bridgehead atoms. The number of aromatic amines is 1. The number of esters is 2. The molecule has 4 aromatic rings. The van der Waals surface area contributed by atoms with Crippen LogP contribution in [0.25, 0.3) is 22.4 Å². The highest BCUT2D eigenvalue weighted by atomic mass is 32.1. The van der Waals surface area contributed by atoms with Crippen LogP contribution < -0.4 is 5.32 Å². The van der Waals surface area contributed by atoms with Gasteiger partial charge in [0.15, 0.2) is 6.61 Å². The lowest BCUT2D eigenvalue weighted by molar-refractivity contribution is -0.119. The second-order valence-electron chi connectivity index (χ2n) is 10.8. The molecule has 0 fully saturated rings. The quantitative estimate of drug-likeness (QED) is 0.287. The number of aromatic nitrogens is 2. The maximum Gasteiger partial charge on any atom is 0.341 e. The van der Waals surface area contributed by atoms with Crippen molar-refractivity contribution in [3.05, 3.63) is 70.1 Å². The van der Waals surface area contributed by atoms with Crippen molar-refractivity contribution in [1.29, 1.82) is 0 Å². The van der Waals surface area contributed by atoms with Gasteiger partial charge < -0.3 is 19.8 Å². The number of fused-ring (bicyclic) bond motifs is 2. The average Bonchev–Trinajstić information content (AvgIpc) is 3.51. The largest absolute Gasteiger partial charge is 0.465 e. The number of H-pyrrole nitrogens is 1. The van der Waals surface area contributed by atoms with Gasteiger partial charge in [0.05, 0.1) is 29.3 Å². The minimum atomic E-state index is -0.630. The van der Waals surface area contributed by atoms with Gasteiger partial charge in [0, 0.05) is 10.4 Å². The van der Waals surface area contributed by atoms with E-state index in [1.54, 1.807) is 18.2 Å². The predicted octanol–water partition coefficient (Wildman–Crippen LogP) is 6.02. The molecule has 0 saturated carbocycles. The number of nitrogens with zero attached hydrogens (tertiary/aromatic N) is 1. The van der Waals surface area contributed by atoms with Gasteiger partial charge >= 0.3 is 11.9 Å². The summed E-state index contributed by atoms with van der Waals surface area (Å²) < 4.78 is 10.3. The van der Waals surface area contributed by atoms with Crippen LogP contribution in [0.3, 0.4) is 0 Å². The fourth-order valence-electron chi connectivity index (χ4n) is 4.98. The molecular weight excluding hydrogens is 514 g/mol. The van der Waals surface area contributed by atoms with Crippen LogP contribution in [0, 0.1) is 11.3 Å². The Morgan fingerprint density at radius 2 is 1.87 bits per heavy atom. The summed E-state index contributed by atoms with van der Waals surface area (Å²) in [5.74, 6) is -0.446. The number of hydrogen-bond donors (Lipinski definition) is 2. The number of methoxy groups -OCH3 is 1. The Hall–Kier alpha value is -3.98. The van der Waals surface area contributed by atoms with Crippen molar-refractivity contribution in [3.63, 3.8) is 0 Å². The second kappa shape index (κ2) is 10.6. The molecule has 0 radical (unpaired) electrons. The fourth-order valence-corrected chi connectivity index (χ4v) is 6.31. The highest BCUT2D eigenvalue weighted by Gasteiger charge is 2.34. The molecule has 39 heavy (non-hydrogen) atoms. The number of anilines is 1. The summed E-state index contributed by atoms with van der Waals surface area (Å²) in [7, 11) is 1.33. The molecule has 202 valence electrons. The smallest absolute Gasteiger partial charge is 0.341 e. The van der Waals surface area contributed by atoms with Gasteiger partial charge in [-0.2, -0.15) is 0 Å². The second-order valence-corrected chi connectivity index (χ2v) is 11.9. The molecule has 0 saturated heterocycles. The lowest BCUT2D eigenvalue weighted by Crippen LogP contribution is -2.26. The molecule has 0 spiro atoms. The van der Waals surface area contributed by atoms with Gasteiger partial charge in [-0.3, -0.25) is 4.79 Å². The van der Waals surface area contributed by atoms with E-state index in [0.29, 0.717) is 38.9 Å². The van der Waals surface area contributed by atoms with Crippen LogP contribution in [0.2, 0.25) is 0 Å². The standard InChI is InChI=1S/C30H31N3O5S/c1-30(2,3)19-11-12-20-23(15-19)39-27(25(20)29(36)37-4)33-24(34)16-38-28(35)18-10-13-21-22(14-18)32-26(31-21)17-8-6-5-7-9-17/h5-10,13-14,19H,11-12,15-16H2,1-4H3,(H,31,32)(H,33,34). The minimum absolute atomic E-state index is 0.146. The zero-order valence-electron chi connectivity index (χ0n) is 22.4. The number of imidazole rings is 1. The van der Waals surface area contributed by atoms with E-state index in [1.807, 2.05) is 30.3 Å². The van der Waals surface area contributed by atoms with Gasteiger partial charge in [0.2, 0.25) is 0 Å². The highest BCUT2D eigenvalue weighted by molar-refractivity contribution is 7.17. The number of rotatable bonds is 6. The summed E-state index contributed by atoms with van der Waals surface area (Å²) >= 11 is 1.40. The third-order valence-electron chi connectivity index (χ3n) is 7.23. The monoisotopic (exact) mass is 545 g/mol. The average molecular weight is 546 g/mol. The Morgan fingerprint density at radius 3 is 2.59 bits per heavy atom. The first-order valence-electron chi connectivity index (χ1n) is 12.9. The molecule has 1 aliphatic carbocycles. The van der Waals surface area contributed by atoms with E-state index in [2.05, 4.69) is 36.1 Å². The lowest BCUT2D eigenvalue weighted by Gasteiger charge is -2.33. The zero-order valence-corrected chi connectivity index (χ0v) is 23.2. The minimum Gasteiger partial charge on any atom is -0.465 e. The van der Waals surface area contributed by atoms with E-state index in [0.717, 1.165) is 35.3 Å². The molecule has 1 amide bonds. The highest BCUT2D eigenvalue weighted by Crippen LogP contribution is 2.44. The van der Waals surface area contributed by atoms with Crippen LogP contribution in [-0.2, 0) is 27.1 Å². The number of amides is 1. The summed E-state index contributed by atoms with van der Waals surface area (Å²) in [6.45, 7) is 6.19. The van der Waals surface area contributed by atoms with Crippen molar-refractivity contribution in [2.24, 2.45) is 11.3 Å². The van der Waals surface area contributed by atoms with Gasteiger partial charge in [0.25, 0.3) is 5.91 Å². The third kappa shape index (κ3) is 5.59. The van der Waals surface area contributed by atoms with Crippen LogP contribution >= 0.6 is 11.3 Å². The van der Waals surface area contributed by atoms with Crippen molar-refractivity contribution >= 4 is 45.2 Å². The molecule has 2 aromatic carbocycles. The summed E-state index contributed by atoms with van der Waals surface area (Å²) in [5, 5.41) is 3.22. The third-order valence-corrected chi connectivity index (χ3v) is 8.40. The molecule has 1 unspecified atom stereocenters. The van der Waals surface area contributed by atoms with Crippen molar-refractivity contribution in [2.45, 2.75) is 40.0 Å². The molecule has 5 rings (SSSR count). The van der Waals surface area contributed by atoms with E-state index in [9.17, 15) is 14.4 Å². The number of thiophene rings is 1. The molecule has 2 aromatic heterocycles. The van der Waals surface area contributed by atoms with E-state index in [-0.39, 0.29) is 5.41 Å². The Morgan fingerprint density at radius 1 is 1.10 bits per heavy atom. The van der Waals surface area contributed by atoms with Crippen LogP contribution in [0.5, 0.6) is 0 Å². The molecular formula is C30H31N3O5S. The molecule has 1 atom stereocenters. The Kier molecular flexibility index (Phi) is 7.27. The van der Waals surface area contributed by atoms with Gasteiger partial charge in [-0.1, -0.05) is 51.1 Å². The molecule has 9 heteroatoms. The first kappa shape index (κ1) is 26.6. The summed E-state index contributed by atoms with van der Waals surface area (Å²) in [4.78, 5) is 47.0. The topological polar surface area (TPSA) is 110 Å². The van der Waals surface area contributed by atoms with Crippen molar-refractivity contribution < 1.29 is 23.9 Å². The van der Waals surface area contributed by atoms with Crippen molar-refractivity contribution in [2.75, 3.05) is 19.0 Å². The lowest BCUT2D eigenvalue weighted by atomic mass is 9.72. The molecule has 0 aliphatic heterocycles.